The Labute approximate surface area is 110 Å². The van der Waals surface area contributed by atoms with Crippen LogP contribution in [0, 0.1) is 5.92 Å². The number of nitrogens with zero attached hydrogens (tertiary/aromatic N) is 3. The van der Waals surface area contributed by atoms with E-state index in [1.165, 1.54) is 18.5 Å². The molecule has 0 aliphatic carbocycles. The lowest BCUT2D eigenvalue weighted by Gasteiger charge is -2.33. The first kappa shape index (κ1) is 13.4. The first-order valence-electron chi connectivity index (χ1n) is 7.18. The molecule has 2 rings (SSSR count). The number of nitrogens with two attached hydrogens (primary N) is 1. The van der Waals surface area contributed by atoms with E-state index < -0.39 is 0 Å². The molecule has 1 aromatic heterocycles. The highest BCUT2D eigenvalue weighted by Gasteiger charge is 2.22. The lowest BCUT2D eigenvalue weighted by molar-refractivity contribution is 0.406. The Hall–Kier alpha value is -1.03. The monoisotopic (exact) mass is 250 g/mol. The number of hydrogen-bond acceptors (Lipinski definition) is 3. The number of anilines is 1. The third-order valence-electron chi connectivity index (χ3n) is 3.91. The maximum Gasteiger partial charge on any atom is 0.205 e. The summed E-state index contributed by atoms with van der Waals surface area (Å²) in [6.07, 6.45) is 5.60. The molecule has 0 bridgehead atoms. The Balaban J connectivity index is 2.15. The first-order chi connectivity index (χ1) is 8.65. The molecule has 0 unspecified atom stereocenters. The minimum Gasteiger partial charge on any atom is -0.342 e. The van der Waals surface area contributed by atoms with Crippen molar-refractivity contribution >= 4 is 5.95 Å². The summed E-state index contributed by atoms with van der Waals surface area (Å²) in [6, 6.07) is 0.472. The molecule has 1 saturated heterocycles. The summed E-state index contributed by atoms with van der Waals surface area (Å²) < 4.78 is 2.31. The fourth-order valence-electron chi connectivity index (χ4n) is 2.59. The van der Waals surface area contributed by atoms with Crippen molar-refractivity contribution in [2.24, 2.45) is 11.7 Å². The fourth-order valence-corrected chi connectivity index (χ4v) is 2.59. The van der Waals surface area contributed by atoms with Gasteiger partial charge in [-0.1, -0.05) is 6.92 Å². The maximum atomic E-state index is 5.75. The number of piperidine rings is 1. The summed E-state index contributed by atoms with van der Waals surface area (Å²) in [5.74, 6) is 1.85. The summed E-state index contributed by atoms with van der Waals surface area (Å²) in [7, 11) is 0. The summed E-state index contributed by atoms with van der Waals surface area (Å²) in [5.41, 5.74) is 6.95. The van der Waals surface area contributed by atoms with Gasteiger partial charge in [0, 0.05) is 25.3 Å². The minimum absolute atomic E-state index is 0.472. The van der Waals surface area contributed by atoms with Crippen LogP contribution in [0.15, 0.2) is 6.20 Å². The van der Waals surface area contributed by atoms with Crippen molar-refractivity contribution in [3.05, 3.63) is 11.9 Å². The minimum atomic E-state index is 0.472. The summed E-state index contributed by atoms with van der Waals surface area (Å²) in [6.45, 7) is 9.61. The lowest BCUT2D eigenvalue weighted by atomic mass is 9.97. The third kappa shape index (κ3) is 2.69. The van der Waals surface area contributed by atoms with Crippen molar-refractivity contribution in [3.63, 3.8) is 0 Å². The van der Waals surface area contributed by atoms with Gasteiger partial charge in [-0.25, -0.2) is 4.98 Å². The van der Waals surface area contributed by atoms with Crippen LogP contribution in [-0.2, 0) is 6.42 Å². The molecule has 2 N–H and O–H groups in total. The molecule has 0 atom stereocenters. The van der Waals surface area contributed by atoms with Crippen molar-refractivity contribution in [1.82, 2.24) is 9.55 Å². The van der Waals surface area contributed by atoms with Crippen LogP contribution in [0.3, 0.4) is 0 Å². The molecule has 0 saturated carbocycles. The number of aryl methyl sites for hydroxylation is 1. The SMILES string of the molecule is CCc1cn(C(C)C)c(N2CCC(CN)CC2)n1. The first-order valence-corrected chi connectivity index (χ1v) is 7.18. The number of imidazole rings is 1. The average Bonchev–Trinajstić information content (AvgIpc) is 2.83. The van der Waals surface area contributed by atoms with E-state index in [1.54, 1.807) is 0 Å². The van der Waals surface area contributed by atoms with Gasteiger partial charge in [0.05, 0.1) is 5.69 Å². The second-order valence-electron chi connectivity index (χ2n) is 5.55. The van der Waals surface area contributed by atoms with E-state index in [-0.39, 0.29) is 0 Å². The lowest BCUT2D eigenvalue weighted by Crippen LogP contribution is -2.37. The van der Waals surface area contributed by atoms with Crippen molar-refractivity contribution in [3.8, 4) is 0 Å². The normalized spacial score (nSPS) is 17.7. The predicted molar refractivity (Wildman–Crippen MR) is 76.0 cm³/mol. The van der Waals surface area contributed by atoms with E-state index in [2.05, 4.69) is 36.4 Å². The van der Waals surface area contributed by atoms with Crippen LogP contribution in [0.2, 0.25) is 0 Å². The van der Waals surface area contributed by atoms with Crippen LogP contribution in [0.5, 0.6) is 0 Å². The Morgan fingerprint density at radius 3 is 2.56 bits per heavy atom. The van der Waals surface area contributed by atoms with Crippen LogP contribution in [0.4, 0.5) is 5.95 Å². The van der Waals surface area contributed by atoms with Crippen LogP contribution >= 0.6 is 0 Å². The van der Waals surface area contributed by atoms with Gasteiger partial charge in [-0.05, 0) is 45.6 Å². The predicted octanol–water partition coefficient (Wildman–Crippen LogP) is 2.20. The second-order valence-corrected chi connectivity index (χ2v) is 5.55. The molecule has 0 spiro atoms. The highest BCUT2D eigenvalue weighted by atomic mass is 15.3. The summed E-state index contributed by atoms with van der Waals surface area (Å²) >= 11 is 0. The molecule has 1 aliphatic rings. The quantitative estimate of drug-likeness (QED) is 0.891. The van der Waals surface area contributed by atoms with E-state index in [4.69, 9.17) is 10.7 Å². The number of aromatic nitrogens is 2. The van der Waals surface area contributed by atoms with Crippen LogP contribution < -0.4 is 10.6 Å². The molecule has 1 aliphatic heterocycles. The molecule has 1 aromatic rings. The molecular formula is C14H26N4. The molecule has 1 fully saturated rings. The van der Waals surface area contributed by atoms with Crippen LogP contribution in [0.25, 0.3) is 0 Å². The van der Waals surface area contributed by atoms with Gasteiger partial charge < -0.3 is 15.2 Å². The zero-order valence-electron chi connectivity index (χ0n) is 11.9. The maximum absolute atomic E-state index is 5.75. The van der Waals surface area contributed by atoms with Crippen molar-refractivity contribution < 1.29 is 0 Å². The van der Waals surface area contributed by atoms with Crippen molar-refractivity contribution in [2.45, 2.75) is 46.1 Å². The van der Waals surface area contributed by atoms with Gasteiger partial charge in [0.15, 0.2) is 0 Å². The van der Waals surface area contributed by atoms with Gasteiger partial charge in [-0.3, -0.25) is 0 Å². The highest BCUT2D eigenvalue weighted by molar-refractivity contribution is 5.35. The Bertz CT molecular complexity index is 375. The molecule has 0 radical (unpaired) electrons. The van der Waals surface area contributed by atoms with Crippen molar-refractivity contribution in [2.75, 3.05) is 24.5 Å². The molecular weight excluding hydrogens is 224 g/mol. The standard InChI is InChI=1S/C14H26N4/c1-4-13-10-18(11(2)3)14(16-13)17-7-5-12(9-15)6-8-17/h10-12H,4-9,15H2,1-3H3. The van der Waals surface area contributed by atoms with Gasteiger partial charge >= 0.3 is 0 Å². The van der Waals surface area contributed by atoms with E-state index >= 15 is 0 Å². The molecule has 102 valence electrons. The summed E-state index contributed by atoms with van der Waals surface area (Å²) in [4.78, 5) is 7.20. The van der Waals surface area contributed by atoms with Gasteiger partial charge in [0.2, 0.25) is 5.95 Å². The second kappa shape index (κ2) is 5.74. The molecule has 18 heavy (non-hydrogen) atoms. The van der Waals surface area contributed by atoms with E-state index in [0.717, 1.165) is 32.0 Å². The van der Waals surface area contributed by atoms with E-state index in [0.29, 0.717) is 12.0 Å². The van der Waals surface area contributed by atoms with E-state index in [9.17, 15) is 0 Å². The van der Waals surface area contributed by atoms with Crippen molar-refractivity contribution in [1.29, 1.82) is 0 Å². The number of rotatable bonds is 4. The average molecular weight is 250 g/mol. The fraction of sp³-hybridized carbons (Fsp3) is 0.786. The topological polar surface area (TPSA) is 47.1 Å². The molecule has 2 heterocycles. The van der Waals surface area contributed by atoms with Crippen LogP contribution in [0.1, 0.15) is 45.3 Å². The van der Waals surface area contributed by atoms with Gasteiger partial charge in [0.1, 0.15) is 0 Å². The molecule has 4 heteroatoms. The molecule has 0 aromatic carbocycles. The Morgan fingerprint density at radius 2 is 2.06 bits per heavy atom. The van der Waals surface area contributed by atoms with Gasteiger partial charge in [-0.2, -0.15) is 0 Å². The largest absolute Gasteiger partial charge is 0.342 e. The smallest absolute Gasteiger partial charge is 0.205 e. The van der Waals surface area contributed by atoms with E-state index in [1.807, 2.05) is 0 Å². The number of hydrogen-bond donors (Lipinski definition) is 1. The zero-order valence-corrected chi connectivity index (χ0v) is 11.9. The molecule has 4 nitrogen and oxygen atoms in total. The van der Waals surface area contributed by atoms with Gasteiger partial charge in [0.25, 0.3) is 0 Å². The summed E-state index contributed by atoms with van der Waals surface area (Å²) in [5, 5.41) is 0. The Morgan fingerprint density at radius 1 is 1.39 bits per heavy atom. The Kier molecular flexibility index (Phi) is 4.27. The zero-order chi connectivity index (χ0) is 13.1. The highest BCUT2D eigenvalue weighted by Crippen LogP contribution is 2.25. The van der Waals surface area contributed by atoms with Crippen LogP contribution in [-0.4, -0.2) is 29.2 Å². The third-order valence-corrected chi connectivity index (χ3v) is 3.91. The van der Waals surface area contributed by atoms with Gasteiger partial charge in [-0.15, -0.1) is 0 Å². The molecule has 0 amide bonds.